The fourth-order valence-electron chi connectivity index (χ4n) is 2.76. The SMILES string of the molecule is Cc1nn(C)cc1-c1csc(NC(=O)c2ccc3nc(C(F)(F)F)[nH]c3c2)n1. The Balaban J connectivity index is 1.56. The van der Waals surface area contributed by atoms with Gasteiger partial charge in [-0.2, -0.15) is 18.3 Å². The van der Waals surface area contributed by atoms with Gasteiger partial charge in [0.15, 0.2) is 5.13 Å². The Morgan fingerprint density at radius 2 is 2.07 bits per heavy atom. The number of alkyl halides is 3. The van der Waals surface area contributed by atoms with Gasteiger partial charge in [0.25, 0.3) is 5.91 Å². The quantitative estimate of drug-likeness (QED) is 0.538. The number of amides is 1. The maximum atomic E-state index is 12.8. The lowest BCUT2D eigenvalue weighted by Crippen LogP contribution is -2.11. The average molecular weight is 406 g/mol. The summed E-state index contributed by atoms with van der Waals surface area (Å²) in [6.07, 6.45) is -2.75. The summed E-state index contributed by atoms with van der Waals surface area (Å²) in [4.78, 5) is 22.5. The molecule has 0 saturated carbocycles. The van der Waals surface area contributed by atoms with Gasteiger partial charge in [-0.15, -0.1) is 11.3 Å². The van der Waals surface area contributed by atoms with Crippen molar-refractivity contribution in [1.29, 1.82) is 0 Å². The van der Waals surface area contributed by atoms with Crippen LogP contribution < -0.4 is 5.32 Å². The maximum Gasteiger partial charge on any atom is 0.449 e. The van der Waals surface area contributed by atoms with Crippen molar-refractivity contribution in [3.05, 3.63) is 46.9 Å². The molecule has 0 aliphatic rings. The first-order valence-electron chi connectivity index (χ1n) is 8.05. The van der Waals surface area contributed by atoms with Crippen LogP contribution in [0.25, 0.3) is 22.3 Å². The Bertz CT molecular complexity index is 1190. The van der Waals surface area contributed by atoms with Gasteiger partial charge in [0.05, 0.1) is 22.4 Å². The number of benzene rings is 1. The Hall–Kier alpha value is -3.21. The van der Waals surface area contributed by atoms with Gasteiger partial charge in [0.1, 0.15) is 0 Å². The fraction of sp³-hybridized carbons (Fsp3) is 0.176. The summed E-state index contributed by atoms with van der Waals surface area (Å²) in [5, 5.41) is 9.10. The van der Waals surface area contributed by atoms with E-state index in [9.17, 15) is 18.0 Å². The first-order valence-corrected chi connectivity index (χ1v) is 8.93. The number of hydrogen-bond acceptors (Lipinski definition) is 5. The number of nitrogens with one attached hydrogen (secondary N) is 2. The van der Waals surface area contributed by atoms with E-state index in [2.05, 4.69) is 25.4 Å². The molecule has 4 rings (SSSR count). The topological polar surface area (TPSA) is 88.5 Å². The molecule has 4 aromatic rings. The fourth-order valence-corrected chi connectivity index (χ4v) is 3.47. The van der Waals surface area contributed by atoms with Crippen molar-refractivity contribution in [2.75, 3.05) is 5.32 Å². The number of halogens is 3. The molecular formula is C17H13F3N6OS. The van der Waals surface area contributed by atoms with Crippen molar-refractivity contribution in [1.82, 2.24) is 24.7 Å². The highest BCUT2D eigenvalue weighted by Crippen LogP contribution is 2.29. The zero-order valence-corrected chi connectivity index (χ0v) is 15.4. The van der Waals surface area contributed by atoms with E-state index >= 15 is 0 Å². The monoisotopic (exact) mass is 406 g/mol. The van der Waals surface area contributed by atoms with Gasteiger partial charge in [0.2, 0.25) is 5.82 Å². The van der Waals surface area contributed by atoms with Crippen LogP contribution in [0.1, 0.15) is 21.9 Å². The highest BCUT2D eigenvalue weighted by Gasteiger charge is 2.34. The molecule has 0 spiro atoms. The molecule has 144 valence electrons. The molecule has 1 aromatic carbocycles. The number of aromatic amines is 1. The number of aromatic nitrogens is 5. The summed E-state index contributed by atoms with van der Waals surface area (Å²) in [5.41, 5.74) is 2.82. The van der Waals surface area contributed by atoms with Crippen LogP contribution in [0.4, 0.5) is 18.3 Å². The van der Waals surface area contributed by atoms with E-state index in [1.165, 1.54) is 29.5 Å². The largest absolute Gasteiger partial charge is 0.449 e. The summed E-state index contributed by atoms with van der Waals surface area (Å²) >= 11 is 1.25. The third kappa shape index (κ3) is 3.36. The van der Waals surface area contributed by atoms with Crippen LogP contribution in [0.3, 0.4) is 0 Å². The summed E-state index contributed by atoms with van der Waals surface area (Å²) in [5.74, 6) is -1.58. The Labute approximate surface area is 160 Å². The maximum absolute atomic E-state index is 12.8. The molecule has 0 radical (unpaired) electrons. The summed E-state index contributed by atoms with van der Waals surface area (Å²) in [7, 11) is 1.81. The number of nitrogens with zero attached hydrogens (tertiary/aromatic N) is 4. The smallest absolute Gasteiger partial charge is 0.334 e. The van der Waals surface area contributed by atoms with Crippen LogP contribution in [0.2, 0.25) is 0 Å². The second kappa shape index (κ2) is 6.44. The van der Waals surface area contributed by atoms with Gasteiger partial charge >= 0.3 is 6.18 Å². The zero-order chi connectivity index (χ0) is 20.1. The predicted octanol–water partition coefficient (Wildman–Crippen LogP) is 4.00. The summed E-state index contributed by atoms with van der Waals surface area (Å²) in [6, 6.07) is 4.10. The van der Waals surface area contributed by atoms with Crippen LogP contribution in [0, 0.1) is 6.92 Å². The van der Waals surface area contributed by atoms with E-state index in [4.69, 9.17) is 0 Å². The van der Waals surface area contributed by atoms with Gasteiger partial charge in [-0.05, 0) is 25.1 Å². The molecular weight excluding hydrogens is 393 g/mol. The molecule has 0 aliphatic heterocycles. The van der Waals surface area contributed by atoms with E-state index in [1.54, 1.807) is 17.1 Å². The van der Waals surface area contributed by atoms with Crippen molar-refractivity contribution in [3.8, 4) is 11.3 Å². The van der Waals surface area contributed by atoms with Crippen molar-refractivity contribution in [2.45, 2.75) is 13.1 Å². The minimum atomic E-state index is -4.58. The summed E-state index contributed by atoms with van der Waals surface area (Å²) in [6.45, 7) is 1.86. The number of anilines is 1. The number of carbonyl (C=O) groups is 1. The first-order chi connectivity index (χ1) is 13.2. The molecule has 3 aromatic heterocycles. The Morgan fingerprint density at radius 3 is 2.75 bits per heavy atom. The number of hydrogen-bond donors (Lipinski definition) is 2. The molecule has 0 aliphatic carbocycles. The number of carbonyl (C=O) groups excluding carboxylic acids is 1. The molecule has 0 bridgehead atoms. The summed E-state index contributed by atoms with van der Waals surface area (Å²) < 4.78 is 40.0. The van der Waals surface area contributed by atoms with E-state index in [1.807, 2.05) is 13.1 Å². The van der Waals surface area contributed by atoms with Crippen molar-refractivity contribution < 1.29 is 18.0 Å². The number of aryl methyl sites for hydroxylation is 2. The zero-order valence-electron chi connectivity index (χ0n) is 14.6. The molecule has 28 heavy (non-hydrogen) atoms. The average Bonchev–Trinajstić information content (AvgIpc) is 3.31. The third-order valence-corrected chi connectivity index (χ3v) is 4.78. The number of fused-ring (bicyclic) bond motifs is 1. The second-order valence-electron chi connectivity index (χ2n) is 6.11. The molecule has 11 heteroatoms. The van der Waals surface area contributed by atoms with Gasteiger partial charge < -0.3 is 4.98 Å². The molecule has 1 amide bonds. The standard InChI is InChI=1S/C17H13F3N6OS/c1-8-10(6-26(2)25-8)13-7-28-16(23-13)24-14(27)9-3-4-11-12(5-9)22-15(21-11)17(18,19)20/h3-7H,1-2H3,(H,21,22)(H,23,24,27). The highest BCUT2D eigenvalue weighted by atomic mass is 32.1. The van der Waals surface area contributed by atoms with E-state index < -0.39 is 17.9 Å². The molecule has 2 N–H and O–H groups in total. The van der Waals surface area contributed by atoms with Crippen molar-refractivity contribution in [2.24, 2.45) is 7.05 Å². The van der Waals surface area contributed by atoms with Gasteiger partial charge in [0, 0.05) is 29.8 Å². The van der Waals surface area contributed by atoms with Gasteiger partial charge in [-0.3, -0.25) is 14.8 Å². The molecule has 3 heterocycles. The van der Waals surface area contributed by atoms with Gasteiger partial charge in [-0.25, -0.2) is 9.97 Å². The van der Waals surface area contributed by atoms with E-state index in [0.717, 1.165) is 11.3 Å². The Kier molecular flexibility index (Phi) is 4.18. The molecule has 0 fully saturated rings. The number of imidazole rings is 1. The highest BCUT2D eigenvalue weighted by molar-refractivity contribution is 7.14. The predicted molar refractivity (Wildman–Crippen MR) is 98.1 cm³/mol. The van der Waals surface area contributed by atoms with Crippen LogP contribution in [-0.4, -0.2) is 30.6 Å². The first kappa shape index (κ1) is 18.2. The molecule has 0 unspecified atom stereocenters. The molecule has 0 atom stereocenters. The molecule has 0 saturated heterocycles. The van der Waals surface area contributed by atoms with Crippen LogP contribution in [-0.2, 0) is 13.2 Å². The third-order valence-electron chi connectivity index (χ3n) is 4.03. The second-order valence-corrected chi connectivity index (χ2v) is 6.97. The number of H-pyrrole nitrogens is 1. The van der Waals surface area contributed by atoms with Crippen LogP contribution >= 0.6 is 11.3 Å². The lowest BCUT2D eigenvalue weighted by Gasteiger charge is -2.01. The lowest BCUT2D eigenvalue weighted by molar-refractivity contribution is -0.144. The lowest BCUT2D eigenvalue weighted by atomic mass is 10.2. The molecule has 7 nitrogen and oxygen atoms in total. The Morgan fingerprint density at radius 1 is 1.29 bits per heavy atom. The van der Waals surface area contributed by atoms with Crippen molar-refractivity contribution in [3.63, 3.8) is 0 Å². The minimum Gasteiger partial charge on any atom is -0.334 e. The van der Waals surface area contributed by atoms with Crippen LogP contribution in [0.15, 0.2) is 29.8 Å². The van der Waals surface area contributed by atoms with Crippen LogP contribution in [0.5, 0.6) is 0 Å². The normalized spacial score (nSPS) is 11.9. The number of thiazole rings is 1. The van der Waals surface area contributed by atoms with Gasteiger partial charge in [-0.1, -0.05) is 0 Å². The van der Waals surface area contributed by atoms with E-state index in [-0.39, 0.29) is 16.6 Å². The number of rotatable bonds is 3. The van der Waals surface area contributed by atoms with Crippen molar-refractivity contribution >= 4 is 33.4 Å². The van der Waals surface area contributed by atoms with E-state index in [0.29, 0.717) is 10.8 Å². The minimum absolute atomic E-state index is 0.130.